The van der Waals surface area contributed by atoms with Crippen molar-refractivity contribution in [3.8, 4) is 34.4 Å². The van der Waals surface area contributed by atoms with Crippen LogP contribution in [0.3, 0.4) is 0 Å². The Kier molecular flexibility index (Phi) is 14.3. The van der Waals surface area contributed by atoms with Crippen molar-refractivity contribution in [2.75, 3.05) is 39.4 Å². The monoisotopic (exact) mass is 810 g/mol. The number of carbonyl (C=O) groups is 2. The standard InChI is InChI=1S/C45H51ClN4O8/c1-30-34(8-5-9-36(30)37-10-6-12-40(31(37)2)56-19-7-15-49-17-13-45(29-51,14-18-49)44(54)55)28-58-42-22-41(57-27-33-20-32(23-47)24-48-25-33)35(21-38(42)46)26-50-16-4-3-11-39(50)43(52)53/h5-6,8-10,12,20-22,24-25,39,51H,3-4,7,11,13-19,26-29H2,1-2H3,(H,52,53)(H,54,55). The quantitative estimate of drug-likeness (QED) is 0.0906. The summed E-state index contributed by atoms with van der Waals surface area (Å²) >= 11 is 6.86. The first-order valence-corrected chi connectivity index (χ1v) is 20.2. The number of nitrogens with zero attached hydrogens (tertiary/aromatic N) is 4. The van der Waals surface area contributed by atoms with Crippen LogP contribution in [0.15, 0.2) is 67.0 Å². The lowest BCUT2D eigenvalue weighted by molar-refractivity contribution is -0.155. The number of piperidine rings is 2. The van der Waals surface area contributed by atoms with E-state index in [4.69, 9.17) is 25.8 Å². The third kappa shape index (κ3) is 10.1. The number of aromatic nitrogens is 1. The largest absolute Gasteiger partial charge is 0.493 e. The molecule has 2 aliphatic rings. The molecule has 2 aliphatic heterocycles. The van der Waals surface area contributed by atoms with Gasteiger partial charge in [0.1, 0.15) is 42.6 Å². The van der Waals surface area contributed by atoms with Gasteiger partial charge in [0, 0.05) is 42.7 Å². The number of halogens is 1. The average Bonchev–Trinajstić information content (AvgIpc) is 3.23. The first kappa shape index (κ1) is 42.4. The summed E-state index contributed by atoms with van der Waals surface area (Å²) in [7, 11) is 0. The van der Waals surface area contributed by atoms with E-state index in [1.165, 1.54) is 6.20 Å². The Morgan fingerprint density at radius 2 is 1.64 bits per heavy atom. The van der Waals surface area contributed by atoms with Gasteiger partial charge in [-0.05, 0) is 112 Å². The van der Waals surface area contributed by atoms with Gasteiger partial charge in [0.05, 0.1) is 29.2 Å². The van der Waals surface area contributed by atoms with Crippen LogP contribution in [0.4, 0.5) is 0 Å². The molecule has 0 spiro atoms. The number of likely N-dealkylation sites (tertiary alicyclic amines) is 2. The molecule has 3 N–H and O–H groups in total. The maximum absolute atomic E-state index is 12.1. The van der Waals surface area contributed by atoms with Gasteiger partial charge in [-0.2, -0.15) is 5.26 Å². The van der Waals surface area contributed by atoms with Crippen LogP contribution < -0.4 is 14.2 Å². The number of pyridine rings is 1. The van der Waals surface area contributed by atoms with E-state index >= 15 is 0 Å². The molecule has 58 heavy (non-hydrogen) atoms. The molecule has 0 saturated carbocycles. The topological polar surface area (TPSA) is 166 Å². The Labute approximate surface area is 344 Å². The molecule has 306 valence electrons. The molecule has 1 unspecified atom stereocenters. The van der Waals surface area contributed by atoms with Crippen LogP contribution in [0.1, 0.15) is 71.9 Å². The van der Waals surface area contributed by atoms with Crippen molar-refractivity contribution in [3.05, 3.63) is 105 Å². The Balaban J connectivity index is 1.14. The number of ether oxygens (including phenoxy) is 3. The van der Waals surface area contributed by atoms with Crippen molar-refractivity contribution in [1.29, 1.82) is 5.26 Å². The Morgan fingerprint density at radius 3 is 2.36 bits per heavy atom. The second-order valence-corrected chi connectivity index (χ2v) is 15.7. The van der Waals surface area contributed by atoms with E-state index in [0.29, 0.717) is 79.7 Å². The van der Waals surface area contributed by atoms with Gasteiger partial charge in [0.15, 0.2) is 0 Å². The molecule has 4 aromatic rings. The number of carboxylic acids is 2. The van der Waals surface area contributed by atoms with Crippen molar-refractivity contribution in [2.45, 2.75) is 78.2 Å². The summed E-state index contributed by atoms with van der Waals surface area (Å²) in [6.45, 7) is 7.73. The van der Waals surface area contributed by atoms with E-state index in [1.54, 1.807) is 24.4 Å². The summed E-state index contributed by atoms with van der Waals surface area (Å²) in [5, 5.41) is 38.9. The van der Waals surface area contributed by atoms with Gasteiger partial charge < -0.3 is 34.4 Å². The van der Waals surface area contributed by atoms with E-state index in [2.05, 4.69) is 41.9 Å². The zero-order chi connectivity index (χ0) is 41.2. The summed E-state index contributed by atoms with van der Waals surface area (Å²) < 4.78 is 19.0. The van der Waals surface area contributed by atoms with Crippen LogP contribution in [0.25, 0.3) is 11.1 Å². The van der Waals surface area contributed by atoms with Crippen LogP contribution in [0.2, 0.25) is 5.02 Å². The van der Waals surface area contributed by atoms with Gasteiger partial charge in [0.25, 0.3) is 0 Å². The Morgan fingerprint density at radius 1 is 0.897 bits per heavy atom. The molecular weight excluding hydrogens is 760 g/mol. The molecule has 1 aromatic heterocycles. The fraction of sp³-hybridized carbons (Fsp3) is 0.422. The number of benzene rings is 3. The van der Waals surface area contributed by atoms with Crippen LogP contribution in [-0.4, -0.2) is 87.5 Å². The van der Waals surface area contributed by atoms with Crippen LogP contribution in [0, 0.1) is 30.6 Å². The molecule has 1 atom stereocenters. The van der Waals surface area contributed by atoms with Gasteiger partial charge in [-0.3, -0.25) is 19.5 Å². The molecule has 0 bridgehead atoms. The van der Waals surface area contributed by atoms with Gasteiger partial charge in [-0.1, -0.05) is 48.4 Å². The third-order valence-corrected chi connectivity index (χ3v) is 11.9. The zero-order valence-corrected chi connectivity index (χ0v) is 33.8. The van der Waals surface area contributed by atoms with Crippen LogP contribution in [0.5, 0.6) is 17.2 Å². The Hall–Kier alpha value is -5.19. The molecule has 12 nitrogen and oxygen atoms in total. The lowest BCUT2D eigenvalue weighted by Crippen LogP contribution is -2.46. The van der Waals surface area contributed by atoms with Crippen molar-refractivity contribution < 1.29 is 39.1 Å². The number of nitriles is 1. The molecule has 2 saturated heterocycles. The molecule has 0 amide bonds. The van der Waals surface area contributed by atoms with Gasteiger partial charge in [-0.15, -0.1) is 0 Å². The first-order valence-electron chi connectivity index (χ1n) is 19.8. The number of aliphatic hydroxyl groups excluding tert-OH is 1. The van der Waals surface area contributed by atoms with Crippen molar-refractivity contribution in [1.82, 2.24) is 14.8 Å². The minimum absolute atomic E-state index is 0.140. The summed E-state index contributed by atoms with van der Waals surface area (Å²) in [5.74, 6) is -0.0352. The summed E-state index contributed by atoms with van der Waals surface area (Å²) in [5.41, 5.74) is 5.99. The molecule has 0 aliphatic carbocycles. The smallest absolute Gasteiger partial charge is 0.320 e. The number of rotatable bonds is 17. The highest BCUT2D eigenvalue weighted by molar-refractivity contribution is 6.32. The van der Waals surface area contributed by atoms with Crippen molar-refractivity contribution in [2.24, 2.45) is 5.41 Å². The van der Waals surface area contributed by atoms with E-state index in [1.807, 2.05) is 29.2 Å². The number of hydrogen-bond donors (Lipinski definition) is 3. The predicted molar refractivity (Wildman–Crippen MR) is 219 cm³/mol. The molecule has 13 heteroatoms. The van der Waals surface area contributed by atoms with E-state index in [0.717, 1.165) is 64.9 Å². The molecule has 0 radical (unpaired) electrons. The predicted octanol–water partition coefficient (Wildman–Crippen LogP) is 7.42. The van der Waals surface area contributed by atoms with Crippen molar-refractivity contribution in [3.63, 3.8) is 0 Å². The highest BCUT2D eigenvalue weighted by Crippen LogP contribution is 2.38. The van der Waals surface area contributed by atoms with Gasteiger partial charge in [-0.25, -0.2) is 0 Å². The molecular formula is C45H51ClN4O8. The molecule has 3 aromatic carbocycles. The lowest BCUT2D eigenvalue weighted by Gasteiger charge is -2.37. The lowest BCUT2D eigenvalue weighted by atomic mass is 9.79. The second-order valence-electron chi connectivity index (χ2n) is 15.3. The average molecular weight is 811 g/mol. The number of aliphatic carboxylic acids is 2. The fourth-order valence-electron chi connectivity index (χ4n) is 7.88. The molecule has 6 rings (SSSR count). The van der Waals surface area contributed by atoms with Gasteiger partial charge >= 0.3 is 11.9 Å². The second kappa shape index (κ2) is 19.5. The van der Waals surface area contributed by atoms with Gasteiger partial charge in [0.2, 0.25) is 0 Å². The van der Waals surface area contributed by atoms with E-state index in [-0.39, 0.29) is 19.8 Å². The third-order valence-electron chi connectivity index (χ3n) is 11.6. The fourth-order valence-corrected chi connectivity index (χ4v) is 8.12. The normalized spacial score (nSPS) is 17.0. The summed E-state index contributed by atoms with van der Waals surface area (Å²) in [4.78, 5) is 32.1. The maximum Gasteiger partial charge on any atom is 0.320 e. The first-order chi connectivity index (χ1) is 28.0. The highest BCUT2D eigenvalue weighted by atomic mass is 35.5. The van der Waals surface area contributed by atoms with Crippen LogP contribution in [-0.2, 0) is 29.3 Å². The minimum atomic E-state index is -1.03. The summed E-state index contributed by atoms with van der Waals surface area (Å²) in [6, 6.07) is 18.9. The highest BCUT2D eigenvalue weighted by Gasteiger charge is 2.41. The maximum atomic E-state index is 12.1. The SMILES string of the molecule is Cc1c(COc2cc(OCc3cncc(C#N)c3)c(CN3CCCCC3C(=O)O)cc2Cl)cccc1-c1cccc(OCCCN2CCC(CO)(C(=O)O)CC2)c1C. The number of hydrogen-bond acceptors (Lipinski definition) is 10. The van der Waals surface area contributed by atoms with E-state index < -0.39 is 23.4 Å². The molecule has 2 fully saturated rings. The summed E-state index contributed by atoms with van der Waals surface area (Å²) in [6.07, 6.45) is 7.14. The van der Waals surface area contributed by atoms with Crippen molar-refractivity contribution >= 4 is 23.5 Å². The zero-order valence-electron chi connectivity index (χ0n) is 33.1. The minimum Gasteiger partial charge on any atom is -0.493 e. The van der Waals surface area contributed by atoms with Crippen LogP contribution >= 0.6 is 11.6 Å². The van der Waals surface area contributed by atoms with E-state index in [9.17, 15) is 30.2 Å². The Bertz CT molecular complexity index is 2130. The number of aliphatic hydroxyl groups is 1. The number of carboxylic acid groups (broad SMARTS) is 2. The molecule has 3 heterocycles.